The van der Waals surface area contributed by atoms with E-state index in [4.69, 9.17) is 44.9 Å². The van der Waals surface area contributed by atoms with Crippen molar-refractivity contribution < 1.29 is 14.3 Å². The molecule has 0 saturated carbocycles. The molecule has 0 unspecified atom stereocenters. The van der Waals surface area contributed by atoms with Gasteiger partial charge in [0.15, 0.2) is 16.6 Å². The third-order valence-electron chi connectivity index (χ3n) is 3.95. The predicted octanol–water partition coefficient (Wildman–Crippen LogP) is 5.54. The van der Waals surface area contributed by atoms with Crippen molar-refractivity contribution in [3.63, 3.8) is 0 Å². The molecule has 0 bridgehead atoms. The summed E-state index contributed by atoms with van der Waals surface area (Å²) in [4.78, 5) is 12.4. The maximum absolute atomic E-state index is 12.4. The molecular formula is C22H17Cl2N3O3S. The number of ether oxygens (including phenoxy) is 2. The van der Waals surface area contributed by atoms with Crippen LogP contribution in [0.25, 0.3) is 0 Å². The van der Waals surface area contributed by atoms with Crippen LogP contribution in [0, 0.1) is 0 Å². The first-order valence-electron chi connectivity index (χ1n) is 8.96. The van der Waals surface area contributed by atoms with Gasteiger partial charge in [0.1, 0.15) is 0 Å². The Balaban J connectivity index is 1.63. The minimum Gasteiger partial charge on any atom is -0.493 e. The highest BCUT2D eigenvalue weighted by Crippen LogP contribution is 2.29. The van der Waals surface area contributed by atoms with E-state index in [1.54, 1.807) is 60.8 Å². The maximum atomic E-state index is 12.4. The summed E-state index contributed by atoms with van der Waals surface area (Å²) >= 11 is 17.2. The maximum Gasteiger partial charge on any atom is 0.345 e. The van der Waals surface area contributed by atoms with Crippen molar-refractivity contribution in [2.24, 2.45) is 5.10 Å². The largest absolute Gasteiger partial charge is 0.493 e. The average molecular weight is 474 g/mol. The molecule has 3 aromatic carbocycles. The first kappa shape index (κ1) is 22.6. The standard InChI is InChI=1S/C22H17Cl2N3O3S/c1-29-20-11-14(13-25-27-22(31)26-16-6-4-5-15(23)12-16)9-10-19(20)30-21(28)17-7-2-3-8-18(17)24/h2-13H,1H3,(H2,26,27,31)/b25-13-. The first-order chi connectivity index (χ1) is 15.0. The molecule has 0 aliphatic heterocycles. The summed E-state index contributed by atoms with van der Waals surface area (Å²) in [5.41, 5.74) is 4.43. The van der Waals surface area contributed by atoms with Gasteiger partial charge in [0, 0.05) is 10.7 Å². The van der Waals surface area contributed by atoms with E-state index in [-0.39, 0.29) is 11.3 Å². The van der Waals surface area contributed by atoms with E-state index >= 15 is 0 Å². The van der Waals surface area contributed by atoms with Crippen LogP contribution in [0.4, 0.5) is 5.69 Å². The highest BCUT2D eigenvalue weighted by atomic mass is 35.5. The van der Waals surface area contributed by atoms with Gasteiger partial charge >= 0.3 is 5.97 Å². The monoisotopic (exact) mass is 473 g/mol. The Hall–Kier alpha value is -3.13. The van der Waals surface area contributed by atoms with Crippen LogP contribution in [0.15, 0.2) is 71.8 Å². The van der Waals surface area contributed by atoms with Crippen molar-refractivity contribution in [3.05, 3.63) is 87.9 Å². The van der Waals surface area contributed by atoms with Crippen molar-refractivity contribution in [1.82, 2.24) is 5.43 Å². The Bertz CT molecular complexity index is 1140. The topological polar surface area (TPSA) is 71.9 Å². The second-order valence-corrected chi connectivity index (χ2v) is 7.37. The van der Waals surface area contributed by atoms with Crippen LogP contribution < -0.4 is 20.2 Å². The predicted molar refractivity (Wildman–Crippen MR) is 128 cm³/mol. The Morgan fingerprint density at radius 3 is 2.58 bits per heavy atom. The van der Waals surface area contributed by atoms with E-state index in [1.807, 2.05) is 12.1 Å². The number of halogens is 2. The number of hydrogen-bond acceptors (Lipinski definition) is 5. The lowest BCUT2D eigenvalue weighted by molar-refractivity contribution is 0.0730. The summed E-state index contributed by atoms with van der Waals surface area (Å²) in [6, 6.07) is 18.8. The molecule has 0 aliphatic rings. The molecule has 0 aliphatic carbocycles. The molecule has 2 N–H and O–H groups in total. The van der Waals surface area contributed by atoms with Gasteiger partial charge in [0.25, 0.3) is 0 Å². The lowest BCUT2D eigenvalue weighted by Crippen LogP contribution is -2.23. The van der Waals surface area contributed by atoms with Crippen LogP contribution in [0.3, 0.4) is 0 Å². The molecule has 9 heteroatoms. The number of rotatable bonds is 6. The van der Waals surface area contributed by atoms with E-state index in [0.717, 1.165) is 5.69 Å². The molecule has 6 nitrogen and oxygen atoms in total. The molecular weight excluding hydrogens is 457 g/mol. The Kier molecular flexibility index (Phi) is 7.83. The molecule has 0 aromatic heterocycles. The first-order valence-corrected chi connectivity index (χ1v) is 10.1. The van der Waals surface area contributed by atoms with Crippen molar-refractivity contribution in [2.45, 2.75) is 0 Å². The summed E-state index contributed by atoms with van der Waals surface area (Å²) in [5.74, 6) is 0.0454. The number of esters is 1. The van der Waals surface area contributed by atoms with Crippen molar-refractivity contribution in [1.29, 1.82) is 0 Å². The Labute approximate surface area is 194 Å². The lowest BCUT2D eigenvalue weighted by atomic mass is 10.2. The smallest absolute Gasteiger partial charge is 0.345 e. The van der Waals surface area contributed by atoms with E-state index in [2.05, 4.69) is 15.8 Å². The number of hydrazone groups is 1. The normalized spacial score (nSPS) is 10.5. The number of hydrogen-bond donors (Lipinski definition) is 2. The number of methoxy groups -OCH3 is 1. The molecule has 0 radical (unpaired) electrons. The van der Waals surface area contributed by atoms with E-state index in [9.17, 15) is 4.79 Å². The highest BCUT2D eigenvalue weighted by molar-refractivity contribution is 7.80. The van der Waals surface area contributed by atoms with Gasteiger partial charge in [0.2, 0.25) is 0 Å². The molecule has 0 atom stereocenters. The van der Waals surface area contributed by atoms with Gasteiger partial charge in [0.05, 0.1) is 23.9 Å². The van der Waals surface area contributed by atoms with Crippen LogP contribution >= 0.6 is 35.4 Å². The molecule has 0 spiro atoms. The fourth-order valence-corrected chi connectivity index (χ4v) is 3.09. The fraction of sp³-hybridized carbons (Fsp3) is 0.0455. The fourth-order valence-electron chi connectivity index (χ4n) is 2.52. The average Bonchev–Trinajstić information content (AvgIpc) is 2.75. The Morgan fingerprint density at radius 1 is 1.03 bits per heavy atom. The van der Waals surface area contributed by atoms with E-state index in [0.29, 0.717) is 26.5 Å². The summed E-state index contributed by atoms with van der Waals surface area (Å²) in [7, 11) is 1.48. The van der Waals surface area contributed by atoms with Crippen LogP contribution in [0.1, 0.15) is 15.9 Å². The highest BCUT2D eigenvalue weighted by Gasteiger charge is 2.15. The molecule has 3 rings (SSSR count). The summed E-state index contributed by atoms with van der Waals surface area (Å²) in [6.07, 6.45) is 1.55. The quantitative estimate of drug-likeness (QED) is 0.161. The SMILES string of the molecule is COc1cc(/C=N\NC(=S)Nc2cccc(Cl)c2)ccc1OC(=O)c1ccccc1Cl. The zero-order valence-electron chi connectivity index (χ0n) is 16.3. The molecule has 3 aromatic rings. The molecule has 0 heterocycles. The number of nitrogens with one attached hydrogen (secondary N) is 2. The zero-order chi connectivity index (χ0) is 22.2. The number of carbonyl (C=O) groups is 1. The third kappa shape index (κ3) is 6.42. The second kappa shape index (κ2) is 10.8. The second-order valence-electron chi connectivity index (χ2n) is 6.11. The van der Waals surface area contributed by atoms with Crippen molar-refractivity contribution in [3.8, 4) is 11.5 Å². The van der Waals surface area contributed by atoms with Crippen LogP contribution in [0.2, 0.25) is 10.0 Å². The van der Waals surface area contributed by atoms with Gasteiger partial charge in [-0.25, -0.2) is 4.79 Å². The summed E-state index contributed by atoms with van der Waals surface area (Å²) in [6.45, 7) is 0. The molecule has 0 amide bonds. The number of benzene rings is 3. The zero-order valence-corrected chi connectivity index (χ0v) is 18.6. The Morgan fingerprint density at radius 2 is 1.84 bits per heavy atom. The van der Waals surface area contributed by atoms with Gasteiger partial charge in [-0.05, 0) is 66.3 Å². The number of nitrogens with zero attached hydrogens (tertiary/aromatic N) is 1. The summed E-state index contributed by atoms with van der Waals surface area (Å²) in [5, 5.41) is 8.27. The van der Waals surface area contributed by atoms with Gasteiger partial charge in [-0.1, -0.05) is 41.4 Å². The van der Waals surface area contributed by atoms with Gasteiger partial charge < -0.3 is 14.8 Å². The number of carbonyl (C=O) groups excluding carboxylic acids is 1. The van der Waals surface area contributed by atoms with Crippen LogP contribution in [0.5, 0.6) is 11.5 Å². The van der Waals surface area contributed by atoms with Crippen LogP contribution in [-0.4, -0.2) is 24.4 Å². The third-order valence-corrected chi connectivity index (χ3v) is 4.70. The minimum atomic E-state index is -0.579. The molecule has 0 fully saturated rings. The number of thiocarbonyl (C=S) groups is 1. The van der Waals surface area contributed by atoms with Crippen molar-refractivity contribution >= 4 is 58.4 Å². The summed E-state index contributed by atoms with van der Waals surface area (Å²) < 4.78 is 10.8. The number of anilines is 1. The van der Waals surface area contributed by atoms with Crippen molar-refractivity contribution in [2.75, 3.05) is 12.4 Å². The molecule has 158 valence electrons. The van der Waals surface area contributed by atoms with Gasteiger partial charge in [-0.2, -0.15) is 5.10 Å². The lowest BCUT2D eigenvalue weighted by Gasteiger charge is -2.10. The van der Waals surface area contributed by atoms with Gasteiger partial charge in [-0.15, -0.1) is 0 Å². The van der Waals surface area contributed by atoms with Crippen LogP contribution in [-0.2, 0) is 0 Å². The molecule has 31 heavy (non-hydrogen) atoms. The van der Waals surface area contributed by atoms with E-state index in [1.165, 1.54) is 7.11 Å². The minimum absolute atomic E-state index is 0.260. The van der Waals surface area contributed by atoms with E-state index < -0.39 is 5.97 Å². The molecule has 0 saturated heterocycles. The van der Waals surface area contributed by atoms with Gasteiger partial charge in [-0.3, -0.25) is 5.43 Å².